The summed E-state index contributed by atoms with van der Waals surface area (Å²) in [6.07, 6.45) is 9.56. The average Bonchev–Trinajstić information content (AvgIpc) is 3.78. The maximum atomic E-state index is 13.3. The first-order valence-corrected chi connectivity index (χ1v) is 15.9. The van der Waals surface area contributed by atoms with E-state index in [1.165, 1.54) is 24.6 Å². The highest BCUT2D eigenvalue weighted by Crippen LogP contribution is 2.43. The number of nitrogens with zero attached hydrogens (tertiary/aromatic N) is 2. The Bertz CT molecular complexity index is 1420. The van der Waals surface area contributed by atoms with Gasteiger partial charge < -0.3 is 24.5 Å². The zero-order valence-corrected chi connectivity index (χ0v) is 24.8. The number of rotatable bonds is 8. The van der Waals surface area contributed by atoms with E-state index < -0.39 is 0 Å². The second-order valence-electron chi connectivity index (χ2n) is 11.8. The molecule has 1 atom stereocenters. The predicted octanol–water partition coefficient (Wildman–Crippen LogP) is 4.08. The quantitative estimate of drug-likeness (QED) is 0.450. The fraction of sp³-hybridized carbons (Fsp3) is 0.581. The van der Waals surface area contributed by atoms with E-state index >= 15 is 0 Å². The van der Waals surface area contributed by atoms with Crippen LogP contribution in [0, 0.1) is 31.1 Å². The van der Waals surface area contributed by atoms with Gasteiger partial charge in [0, 0.05) is 53.0 Å². The summed E-state index contributed by atoms with van der Waals surface area (Å²) in [4.78, 5) is 32.1. The van der Waals surface area contributed by atoms with Gasteiger partial charge in [0.25, 0.3) is 11.5 Å². The molecule has 2 saturated carbocycles. The van der Waals surface area contributed by atoms with Crippen molar-refractivity contribution >= 4 is 17.7 Å². The minimum absolute atomic E-state index is 0.0801. The molecule has 1 aromatic carbocycles. The van der Waals surface area contributed by atoms with Crippen molar-refractivity contribution in [3.05, 3.63) is 50.4 Å². The van der Waals surface area contributed by atoms with E-state index in [2.05, 4.69) is 21.3 Å². The number of fused-ring (bicyclic) bond motifs is 1. The van der Waals surface area contributed by atoms with E-state index in [-0.39, 0.29) is 29.7 Å². The van der Waals surface area contributed by atoms with Gasteiger partial charge in [-0.15, -0.1) is 11.8 Å². The first kappa shape index (κ1) is 28.1. The molecule has 2 aliphatic carbocycles. The molecule has 6 rings (SSSR count). The van der Waals surface area contributed by atoms with Crippen LogP contribution in [-0.4, -0.2) is 66.1 Å². The number of nitriles is 1. The van der Waals surface area contributed by atoms with E-state index in [0.29, 0.717) is 59.0 Å². The fourth-order valence-corrected chi connectivity index (χ4v) is 7.09. The minimum Gasteiger partial charge on any atom is -0.484 e. The Labute approximate surface area is 244 Å². The molecular formula is C31H38N4O5S. The molecule has 0 unspecified atom stereocenters. The van der Waals surface area contributed by atoms with Gasteiger partial charge in [-0.1, -0.05) is 0 Å². The lowest BCUT2D eigenvalue weighted by molar-refractivity contribution is -0.0888. The van der Waals surface area contributed by atoms with Crippen LogP contribution < -0.4 is 20.3 Å². The molecule has 10 heteroatoms. The molecule has 2 aromatic rings. The third kappa shape index (κ3) is 5.85. The third-order valence-corrected chi connectivity index (χ3v) is 9.76. The van der Waals surface area contributed by atoms with Gasteiger partial charge in [0.1, 0.15) is 18.8 Å². The first-order valence-electron chi connectivity index (χ1n) is 14.7. The summed E-state index contributed by atoms with van der Waals surface area (Å²) >= 11 is 1.46. The number of aryl methyl sites for hydroxylation is 1. The standard InChI is InChI=1S/C31H38N4O5S/c1-17-10-27(41-3)25(31(37)34-17)13-33-30(36)24-11-20(12-32)29-28(18(24)2)40-26(16-38-29)19-4-6-21(7-5-19)35-14-23(15-35)39-22-8-9-22/h10-11,19,21-23,26H,4-9,13-16H2,1-3H3,(H,33,36)(H,34,37)/t19?,21?,26-/m1/s1. The van der Waals surface area contributed by atoms with Crippen LogP contribution in [0.2, 0.25) is 0 Å². The van der Waals surface area contributed by atoms with Crippen molar-refractivity contribution in [1.82, 2.24) is 15.2 Å². The van der Waals surface area contributed by atoms with Crippen LogP contribution in [0.5, 0.6) is 11.5 Å². The number of pyridine rings is 1. The van der Waals surface area contributed by atoms with Crippen LogP contribution in [0.15, 0.2) is 21.8 Å². The molecular weight excluding hydrogens is 540 g/mol. The smallest absolute Gasteiger partial charge is 0.254 e. The van der Waals surface area contributed by atoms with Gasteiger partial charge in [0.05, 0.1) is 17.8 Å². The zero-order valence-electron chi connectivity index (χ0n) is 24.0. The molecule has 0 radical (unpaired) electrons. The molecule has 41 heavy (non-hydrogen) atoms. The minimum atomic E-state index is -0.362. The number of likely N-dealkylation sites (tertiary alicyclic amines) is 1. The molecule has 0 spiro atoms. The van der Waals surface area contributed by atoms with E-state index in [9.17, 15) is 14.9 Å². The summed E-state index contributed by atoms with van der Waals surface area (Å²) in [6, 6.07) is 6.23. The number of thioether (sulfide) groups is 1. The first-order chi connectivity index (χ1) is 19.8. The van der Waals surface area contributed by atoms with Crippen LogP contribution in [0.3, 0.4) is 0 Å². The maximum absolute atomic E-state index is 13.3. The largest absolute Gasteiger partial charge is 0.484 e. The summed E-state index contributed by atoms with van der Waals surface area (Å²) in [5.74, 6) is 0.889. The summed E-state index contributed by atoms with van der Waals surface area (Å²) in [6.45, 7) is 6.25. The highest BCUT2D eigenvalue weighted by Gasteiger charge is 2.40. The molecule has 2 aliphatic heterocycles. The van der Waals surface area contributed by atoms with Crippen molar-refractivity contribution in [2.24, 2.45) is 5.92 Å². The van der Waals surface area contributed by atoms with Gasteiger partial charge in [0.15, 0.2) is 11.5 Å². The number of hydrogen-bond donors (Lipinski definition) is 2. The van der Waals surface area contributed by atoms with Gasteiger partial charge in [-0.2, -0.15) is 5.26 Å². The molecule has 1 saturated heterocycles. The topological polar surface area (TPSA) is 117 Å². The average molecular weight is 579 g/mol. The Morgan fingerprint density at radius 1 is 1.15 bits per heavy atom. The third-order valence-electron chi connectivity index (χ3n) is 8.95. The number of nitrogens with one attached hydrogen (secondary N) is 2. The summed E-state index contributed by atoms with van der Waals surface area (Å²) in [7, 11) is 0. The lowest BCUT2D eigenvalue weighted by atomic mass is 9.81. The number of H-pyrrole nitrogens is 1. The SMILES string of the molecule is CSc1cc(C)[nH]c(=O)c1CNC(=O)c1cc(C#N)c2c(c1C)O[C@@H](C1CCC(N3CC(OC4CC4)C3)CC1)CO2. The van der Waals surface area contributed by atoms with E-state index in [1.807, 2.05) is 26.2 Å². The van der Waals surface area contributed by atoms with Crippen molar-refractivity contribution < 1.29 is 19.0 Å². The predicted molar refractivity (Wildman–Crippen MR) is 156 cm³/mol. The number of amides is 1. The van der Waals surface area contributed by atoms with Crippen molar-refractivity contribution in [2.45, 2.75) is 88.2 Å². The molecule has 3 heterocycles. The monoisotopic (exact) mass is 578 g/mol. The molecule has 4 aliphatic rings. The number of benzene rings is 1. The molecule has 2 N–H and O–H groups in total. The van der Waals surface area contributed by atoms with E-state index in [1.54, 1.807) is 6.07 Å². The Kier molecular flexibility index (Phi) is 8.03. The Balaban J connectivity index is 1.11. The molecule has 3 fully saturated rings. The number of ether oxygens (including phenoxy) is 3. The molecule has 0 bridgehead atoms. The van der Waals surface area contributed by atoms with Gasteiger partial charge in [-0.25, -0.2) is 0 Å². The summed E-state index contributed by atoms with van der Waals surface area (Å²) in [5, 5.41) is 12.7. The Hall–Kier alpha value is -3.00. The maximum Gasteiger partial charge on any atom is 0.254 e. The van der Waals surface area contributed by atoms with Crippen LogP contribution in [-0.2, 0) is 11.3 Å². The molecule has 1 amide bonds. The van der Waals surface area contributed by atoms with Gasteiger partial charge >= 0.3 is 0 Å². The number of carbonyl (C=O) groups is 1. The van der Waals surface area contributed by atoms with Crippen molar-refractivity contribution in [3.8, 4) is 17.6 Å². The number of aromatic nitrogens is 1. The van der Waals surface area contributed by atoms with Crippen LogP contribution in [0.1, 0.15) is 71.3 Å². The van der Waals surface area contributed by atoms with Gasteiger partial charge in [0.2, 0.25) is 0 Å². The lowest BCUT2D eigenvalue weighted by Crippen LogP contribution is -2.57. The van der Waals surface area contributed by atoms with Crippen molar-refractivity contribution in [3.63, 3.8) is 0 Å². The summed E-state index contributed by atoms with van der Waals surface area (Å²) < 4.78 is 18.7. The Morgan fingerprint density at radius 3 is 2.59 bits per heavy atom. The van der Waals surface area contributed by atoms with Gasteiger partial charge in [-0.05, 0) is 76.7 Å². The Morgan fingerprint density at radius 2 is 1.90 bits per heavy atom. The van der Waals surface area contributed by atoms with Crippen LogP contribution in [0.4, 0.5) is 0 Å². The number of hydrogen-bond acceptors (Lipinski definition) is 8. The summed E-state index contributed by atoms with van der Waals surface area (Å²) in [5.41, 5.74) is 2.32. The zero-order chi connectivity index (χ0) is 28.7. The molecule has 1 aromatic heterocycles. The second-order valence-corrected chi connectivity index (χ2v) is 12.7. The van der Waals surface area contributed by atoms with Crippen LogP contribution in [0.25, 0.3) is 0 Å². The van der Waals surface area contributed by atoms with Crippen LogP contribution >= 0.6 is 11.8 Å². The molecule has 9 nitrogen and oxygen atoms in total. The fourth-order valence-electron chi connectivity index (χ4n) is 6.39. The van der Waals surface area contributed by atoms with Gasteiger partial charge in [-0.3, -0.25) is 14.5 Å². The van der Waals surface area contributed by atoms with E-state index in [4.69, 9.17) is 14.2 Å². The number of aromatic amines is 1. The normalized spacial score (nSPS) is 24.4. The highest BCUT2D eigenvalue weighted by atomic mass is 32.2. The van der Waals surface area contributed by atoms with E-state index in [0.717, 1.165) is 49.4 Å². The highest BCUT2D eigenvalue weighted by molar-refractivity contribution is 7.98. The second kappa shape index (κ2) is 11.7. The lowest BCUT2D eigenvalue weighted by Gasteiger charge is -2.47. The van der Waals surface area contributed by atoms with Crippen molar-refractivity contribution in [1.29, 1.82) is 5.26 Å². The molecule has 218 valence electrons. The van der Waals surface area contributed by atoms with Crippen molar-refractivity contribution in [2.75, 3.05) is 26.0 Å². The number of carbonyl (C=O) groups excluding carboxylic acids is 1.